The summed E-state index contributed by atoms with van der Waals surface area (Å²) in [5, 5.41) is 0. The first-order valence-corrected chi connectivity index (χ1v) is 7.85. The Kier molecular flexibility index (Phi) is 3.99. The van der Waals surface area contributed by atoms with Crippen LogP contribution < -0.4 is 4.90 Å². The molecule has 4 heteroatoms. The van der Waals surface area contributed by atoms with Crippen LogP contribution in [-0.4, -0.2) is 18.8 Å². The molecule has 1 aliphatic heterocycles. The van der Waals surface area contributed by atoms with Gasteiger partial charge in [-0.15, -0.1) is 0 Å². The maximum absolute atomic E-state index is 13.7. The van der Waals surface area contributed by atoms with Gasteiger partial charge in [0.05, 0.1) is 11.2 Å². The number of aliphatic imine (C=N–C) groups is 1. The van der Waals surface area contributed by atoms with Gasteiger partial charge in [0.25, 0.3) is 0 Å². The van der Waals surface area contributed by atoms with Gasteiger partial charge >= 0.3 is 0 Å². The second-order valence-electron chi connectivity index (χ2n) is 6.67. The van der Waals surface area contributed by atoms with Crippen LogP contribution in [0.3, 0.4) is 0 Å². The number of allylic oxidation sites excluding steroid dienone is 1. The minimum atomic E-state index is -0.665. The summed E-state index contributed by atoms with van der Waals surface area (Å²) in [6.45, 7) is 6.44. The number of anilines is 1. The monoisotopic (exact) mass is 326 g/mol. The largest absolute Gasteiger partial charge is 0.366 e. The fourth-order valence-corrected chi connectivity index (χ4v) is 2.99. The van der Waals surface area contributed by atoms with E-state index in [1.807, 2.05) is 12.1 Å². The van der Waals surface area contributed by atoms with Crippen LogP contribution in [0.15, 0.2) is 47.5 Å². The number of nitrogens with zero attached hydrogens (tertiary/aromatic N) is 2. The van der Waals surface area contributed by atoms with Gasteiger partial charge in [-0.3, -0.25) is 4.99 Å². The predicted octanol–water partition coefficient (Wildman–Crippen LogP) is 5.35. The zero-order valence-corrected chi connectivity index (χ0v) is 14.3. The van der Waals surface area contributed by atoms with Crippen LogP contribution >= 0.6 is 0 Å². The van der Waals surface area contributed by atoms with Gasteiger partial charge in [0.1, 0.15) is 5.82 Å². The third-order valence-electron chi connectivity index (χ3n) is 4.50. The lowest BCUT2D eigenvalue weighted by Crippen LogP contribution is -2.42. The smallest absolute Gasteiger partial charge is 0.151 e. The van der Waals surface area contributed by atoms with Crippen molar-refractivity contribution < 1.29 is 8.78 Å². The molecule has 0 radical (unpaired) electrons. The molecule has 2 aromatic rings. The fraction of sp³-hybridized carbons (Fsp3) is 0.250. The Morgan fingerprint density at radius 1 is 1.08 bits per heavy atom. The molecule has 0 saturated carbocycles. The molecule has 0 aromatic heterocycles. The summed E-state index contributed by atoms with van der Waals surface area (Å²) in [4.78, 5) is 6.37. The minimum Gasteiger partial charge on any atom is -0.366 e. The van der Waals surface area contributed by atoms with Crippen molar-refractivity contribution >= 4 is 23.2 Å². The zero-order chi connectivity index (χ0) is 17.5. The molecule has 1 heterocycles. The average Bonchev–Trinajstić information content (AvgIpc) is 2.51. The van der Waals surface area contributed by atoms with Gasteiger partial charge in [-0.05, 0) is 56.2 Å². The van der Waals surface area contributed by atoms with E-state index < -0.39 is 11.6 Å². The molecule has 0 atom stereocenters. The topological polar surface area (TPSA) is 15.6 Å². The molecule has 124 valence electrons. The Hall–Kier alpha value is -2.49. The Morgan fingerprint density at radius 3 is 2.54 bits per heavy atom. The number of fused-ring (bicyclic) bond motifs is 1. The molecule has 2 aromatic carbocycles. The zero-order valence-electron chi connectivity index (χ0n) is 14.3. The summed E-state index contributed by atoms with van der Waals surface area (Å²) in [5.41, 5.74) is 4.46. The summed E-state index contributed by atoms with van der Waals surface area (Å²) in [6.07, 6.45) is 3.83. The molecule has 2 nitrogen and oxygen atoms in total. The normalized spacial score (nSPS) is 16.2. The molecular formula is C20H20F2N2. The third-order valence-corrected chi connectivity index (χ3v) is 4.50. The highest BCUT2D eigenvalue weighted by Crippen LogP contribution is 2.37. The molecule has 0 aliphatic carbocycles. The quantitative estimate of drug-likeness (QED) is 0.680. The van der Waals surface area contributed by atoms with E-state index in [0.29, 0.717) is 0 Å². The van der Waals surface area contributed by atoms with Gasteiger partial charge in [0, 0.05) is 30.6 Å². The van der Waals surface area contributed by atoms with E-state index in [0.717, 1.165) is 22.9 Å². The number of hydrogen-bond donors (Lipinski definition) is 0. The lowest BCUT2D eigenvalue weighted by Gasteiger charge is -2.40. The number of benzene rings is 2. The highest BCUT2D eigenvalue weighted by atomic mass is 19.1. The molecule has 1 aliphatic rings. The molecule has 0 saturated heterocycles. The van der Waals surface area contributed by atoms with Crippen LogP contribution in [0.5, 0.6) is 0 Å². The molecule has 0 bridgehead atoms. The molecule has 0 spiro atoms. The van der Waals surface area contributed by atoms with Crippen LogP contribution in [0.1, 0.15) is 31.9 Å². The van der Waals surface area contributed by atoms with E-state index in [-0.39, 0.29) is 11.2 Å². The Labute approximate surface area is 141 Å². The molecule has 0 unspecified atom stereocenters. The van der Waals surface area contributed by atoms with Gasteiger partial charge < -0.3 is 4.90 Å². The van der Waals surface area contributed by atoms with Gasteiger partial charge in [-0.1, -0.05) is 12.1 Å². The van der Waals surface area contributed by atoms with Crippen LogP contribution in [0.25, 0.3) is 5.57 Å². The maximum Gasteiger partial charge on any atom is 0.151 e. The number of halogens is 2. The van der Waals surface area contributed by atoms with E-state index >= 15 is 0 Å². The first kappa shape index (κ1) is 16.4. The van der Waals surface area contributed by atoms with Crippen molar-refractivity contribution in [2.75, 3.05) is 11.9 Å². The van der Waals surface area contributed by atoms with Crippen molar-refractivity contribution in [3.63, 3.8) is 0 Å². The highest BCUT2D eigenvalue weighted by Gasteiger charge is 2.28. The van der Waals surface area contributed by atoms with Crippen molar-refractivity contribution in [2.45, 2.75) is 26.3 Å². The molecule has 0 fully saturated rings. The van der Waals surface area contributed by atoms with Crippen molar-refractivity contribution in [2.24, 2.45) is 4.99 Å². The molecule has 24 heavy (non-hydrogen) atoms. The summed E-state index contributed by atoms with van der Waals surface area (Å²) in [6, 6.07) is 9.42. The first-order valence-electron chi connectivity index (χ1n) is 7.85. The first-order chi connectivity index (χ1) is 11.3. The van der Waals surface area contributed by atoms with Crippen LogP contribution in [-0.2, 0) is 0 Å². The summed E-state index contributed by atoms with van der Waals surface area (Å²) in [5.74, 6) is -1.27. The van der Waals surface area contributed by atoms with E-state index in [4.69, 9.17) is 0 Å². The van der Waals surface area contributed by atoms with Crippen molar-refractivity contribution in [1.82, 2.24) is 0 Å². The van der Waals surface area contributed by atoms with Crippen molar-refractivity contribution in [3.05, 3.63) is 65.2 Å². The molecule has 3 rings (SSSR count). The Balaban J connectivity index is 1.95. The van der Waals surface area contributed by atoms with E-state index in [1.54, 1.807) is 6.21 Å². The fourth-order valence-electron chi connectivity index (χ4n) is 2.99. The summed E-state index contributed by atoms with van der Waals surface area (Å²) >= 11 is 0. The SMILES string of the molecule is CC1=CC(C)(C)N(C)c2ccc(C=Nc3ccc(F)cc3F)cc21. The van der Waals surface area contributed by atoms with E-state index in [2.05, 4.69) is 49.9 Å². The van der Waals surface area contributed by atoms with Gasteiger partial charge in [-0.2, -0.15) is 0 Å². The van der Waals surface area contributed by atoms with Gasteiger partial charge in [0.15, 0.2) is 5.82 Å². The molecule has 0 N–H and O–H groups in total. The van der Waals surface area contributed by atoms with E-state index in [9.17, 15) is 8.78 Å². The van der Waals surface area contributed by atoms with Gasteiger partial charge in [-0.25, -0.2) is 8.78 Å². The minimum absolute atomic E-state index is 0.0378. The molecular weight excluding hydrogens is 306 g/mol. The second kappa shape index (κ2) is 5.86. The highest BCUT2D eigenvalue weighted by molar-refractivity contribution is 5.88. The van der Waals surface area contributed by atoms with E-state index in [1.165, 1.54) is 17.7 Å². The molecule has 0 amide bonds. The number of hydrogen-bond acceptors (Lipinski definition) is 2. The second-order valence-corrected chi connectivity index (χ2v) is 6.67. The van der Waals surface area contributed by atoms with Gasteiger partial charge in [0.2, 0.25) is 0 Å². The van der Waals surface area contributed by atoms with Crippen LogP contribution in [0.4, 0.5) is 20.2 Å². The predicted molar refractivity (Wildman–Crippen MR) is 96.2 cm³/mol. The van der Waals surface area contributed by atoms with Crippen LogP contribution in [0, 0.1) is 11.6 Å². The Morgan fingerprint density at radius 2 is 1.83 bits per heavy atom. The van der Waals surface area contributed by atoms with Crippen molar-refractivity contribution in [3.8, 4) is 0 Å². The van der Waals surface area contributed by atoms with Crippen molar-refractivity contribution in [1.29, 1.82) is 0 Å². The van der Waals surface area contributed by atoms with Crippen LogP contribution in [0.2, 0.25) is 0 Å². The summed E-state index contributed by atoms with van der Waals surface area (Å²) in [7, 11) is 2.07. The number of rotatable bonds is 2. The number of likely N-dealkylation sites (N-methyl/N-ethyl adjacent to an activating group) is 1. The maximum atomic E-state index is 13.7. The lowest BCUT2D eigenvalue weighted by molar-refractivity contribution is 0.585. The standard InChI is InChI=1S/C20H20F2N2/c1-13-11-20(2,3)24(4)19-8-5-14(9-16(13)19)12-23-18-7-6-15(21)10-17(18)22/h5-12H,1-4H3. The average molecular weight is 326 g/mol. The Bertz CT molecular complexity index is 851. The third kappa shape index (κ3) is 2.96. The lowest BCUT2D eigenvalue weighted by atomic mass is 9.89. The summed E-state index contributed by atoms with van der Waals surface area (Å²) < 4.78 is 26.6.